The number of carbonyl (C=O) groups is 1. The largest absolute Gasteiger partial charge is 0.475 e. The van der Waals surface area contributed by atoms with E-state index in [2.05, 4.69) is 9.71 Å². The smallest absolute Gasteiger partial charge is 0.371 e. The maximum Gasteiger partial charge on any atom is 0.371 e. The number of aromatic carboxylic acids is 1. The Hall–Kier alpha value is -2.06. The number of furan rings is 1. The van der Waals surface area contributed by atoms with Crippen LogP contribution in [0.2, 0.25) is 0 Å². The molecule has 0 aliphatic heterocycles. The molecule has 0 saturated carbocycles. The maximum atomic E-state index is 11.7. The third-order valence-electron chi connectivity index (χ3n) is 2.19. The molecule has 0 amide bonds. The molecule has 3 N–H and O–H groups in total. The molecule has 0 bridgehead atoms. The van der Waals surface area contributed by atoms with Gasteiger partial charge in [-0.3, -0.25) is 0 Å². The molecular formula is C10H10N2O5S. The highest BCUT2D eigenvalue weighted by atomic mass is 32.2. The van der Waals surface area contributed by atoms with Crippen molar-refractivity contribution in [3.8, 4) is 0 Å². The molecular weight excluding hydrogens is 260 g/mol. The van der Waals surface area contributed by atoms with E-state index in [9.17, 15) is 13.2 Å². The summed E-state index contributed by atoms with van der Waals surface area (Å²) in [6.07, 6.45) is 2.83. The Kier molecular flexibility index (Phi) is 3.21. The van der Waals surface area contributed by atoms with Crippen molar-refractivity contribution in [3.05, 3.63) is 42.1 Å². The topological polar surface area (TPSA) is 112 Å². The molecule has 0 aliphatic rings. The Morgan fingerprint density at radius 2 is 2.17 bits per heavy atom. The average molecular weight is 270 g/mol. The number of aromatic nitrogens is 1. The number of H-pyrrole nitrogens is 1. The first-order valence-electron chi connectivity index (χ1n) is 4.93. The van der Waals surface area contributed by atoms with E-state index in [1.807, 2.05) is 0 Å². The second-order valence-electron chi connectivity index (χ2n) is 3.44. The van der Waals surface area contributed by atoms with Gasteiger partial charge in [-0.25, -0.2) is 17.9 Å². The molecule has 2 aromatic heterocycles. The van der Waals surface area contributed by atoms with Gasteiger partial charge in [-0.15, -0.1) is 0 Å². The van der Waals surface area contributed by atoms with Gasteiger partial charge in [-0.1, -0.05) is 0 Å². The zero-order valence-corrected chi connectivity index (χ0v) is 9.90. The number of hydrogen-bond donors (Lipinski definition) is 3. The minimum Gasteiger partial charge on any atom is -0.475 e. The van der Waals surface area contributed by atoms with Crippen LogP contribution in [0.25, 0.3) is 0 Å². The van der Waals surface area contributed by atoms with Crippen LogP contribution in [0, 0.1) is 0 Å². The molecule has 0 fully saturated rings. The van der Waals surface area contributed by atoms with Crippen molar-refractivity contribution in [1.29, 1.82) is 0 Å². The number of sulfonamides is 1. The summed E-state index contributed by atoms with van der Waals surface area (Å²) in [6, 6.07) is 4.08. The van der Waals surface area contributed by atoms with E-state index < -0.39 is 16.0 Å². The van der Waals surface area contributed by atoms with Crippen LogP contribution in [0.1, 0.15) is 16.3 Å². The minimum absolute atomic E-state index is 0.104. The van der Waals surface area contributed by atoms with E-state index in [0.717, 1.165) is 0 Å². The SMILES string of the molecule is O=C(O)c1ccc(CNS(=O)(=O)c2cc[nH]c2)o1. The van der Waals surface area contributed by atoms with Gasteiger partial charge in [0.1, 0.15) is 5.76 Å². The van der Waals surface area contributed by atoms with Gasteiger partial charge in [0.05, 0.1) is 11.4 Å². The van der Waals surface area contributed by atoms with E-state index in [4.69, 9.17) is 9.52 Å². The number of carboxylic acids is 1. The van der Waals surface area contributed by atoms with Crippen molar-refractivity contribution in [2.24, 2.45) is 0 Å². The molecule has 0 aromatic carbocycles. The Morgan fingerprint density at radius 3 is 2.72 bits per heavy atom. The second kappa shape index (κ2) is 4.67. The zero-order chi connectivity index (χ0) is 13.2. The lowest BCUT2D eigenvalue weighted by atomic mass is 10.4. The lowest BCUT2D eigenvalue weighted by molar-refractivity contribution is 0.0660. The summed E-state index contributed by atoms with van der Waals surface area (Å²) >= 11 is 0. The molecule has 0 aliphatic carbocycles. The summed E-state index contributed by atoms with van der Waals surface area (Å²) in [4.78, 5) is 13.3. The van der Waals surface area contributed by atoms with Gasteiger partial charge in [0.15, 0.2) is 0 Å². The normalized spacial score (nSPS) is 11.6. The Labute approximate surface area is 102 Å². The van der Waals surface area contributed by atoms with Crippen LogP contribution in [-0.4, -0.2) is 24.5 Å². The first-order valence-corrected chi connectivity index (χ1v) is 6.42. The van der Waals surface area contributed by atoms with E-state index in [-0.39, 0.29) is 23.0 Å². The van der Waals surface area contributed by atoms with Gasteiger partial charge >= 0.3 is 5.97 Å². The molecule has 18 heavy (non-hydrogen) atoms. The van der Waals surface area contributed by atoms with Crippen LogP contribution in [0.4, 0.5) is 0 Å². The van der Waals surface area contributed by atoms with Crippen LogP contribution >= 0.6 is 0 Å². The van der Waals surface area contributed by atoms with Crippen molar-refractivity contribution < 1.29 is 22.7 Å². The molecule has 7 nitrogen and oxygen atoms in total. The monoisotopic (exact) mass is 270 g/mol. The Balaban J connectivity index is 2.05. The average Bonchev–Trinajstić information content (AvgIpc) is 2.98. The fraction of sp³-hybridized carbons (Fsp3) is 0.100. The predicted molar refractivity (Wildman–Crippen MR) is 60.5 cm³/mol. The van der Waals surface area contributed by atoms with Gasteiger partial charge in [-0.05, 0) is 18.2 Å². The summed E-state index contributed by atoms with van der Waals surface area (Å²) in [5.74, 6) is -1.20. The highest BCUT2D eigenvalue weighted by molar-refractivity contribution is 7.89. The quantitative estimate of drug-likeness (QED) is 0.743. The third-order valence-corrected chi connectivity index (χ3v) is 3.59. The van der Waals surface area contributed by atoms with E-state index >= 15 is 0 Å². The number of carboxylic acid groups (broad SMARTS) is 1. The Bertz CT molecular complexity index is 642. The fourth-order valence-corrected chi connectivity index (χ4v) is 2.28. The lowest BCUT2D eigenvalue weighted by Crippen LogP contribution is -2.22. The van der Waals surface area contributed by atoms with Gasteiger partial charge in [0, 0.05) is 12.4 Å². The van der Waals surface area contributed by atoms with E-state index in [0.29, 0.717) is 0 Å². The number of hydrogen-bond acceptors (Lipinski definition) is 4. The first-order chi connectivity index (χ1) is 8.49. The molecule has 0 atom stereocenters. The van der Waals surface area contributed by atoms with E-state index in [1.165, 1.54) is 30.6 Å². The summed E-state index contributed by atoms with van der Waals surface area (Å²) in [7, 11) is -3.61. The highest BCUT2D eigenvalue weighted by Gasteiger charge is 2.15. The summed E-state index contributed by atoms with van der Waals surface area (Å²) in [5.41, 5.74) is 0. The van der Waals surface area contributed by atoms with Crippen LogP contribution in [0.15, 0.2) is 39.9 Å². The zero-order valence-electron chi connectivity index (χ0n) is 9.08. The molecule has 2 heterocycles. The molecule has 0 radical (unpaired) electrons. The number of nitrogens with one attached hydrogen (secondary N) is 2. The Morgan fingerprint density at radius 1 is 1.39 bits per heavy atom. The fourth-order valence-electron chi connectivity index (χ4n) is 1.31. The standard InChI is InChI=1S/C10H10N2O5S/c13-10(14)9-2-1-7(17-9)5-12-18(15,16)8-3-4-11-6-8/h1-4,6,11-12H,5H2,(H,13,14). The summed E-state index contributed by atoms with van der Waals surface area (Å²) in [5, 5.41) is 8.64. The van der Waals surface area contributed by atoms with Crippen molar-refractivity contribution in [1.82, 2.24) is 9.71 Å². The predicted octanol–water partition coefficient (Wildman–Crippen LogP) is 0.784. The van der Waals surface area contributed by atoms with E-state index in [1.54, 1.807) is 0 Å². The first kappa shape index (κ1) is 12.4. The van der Waals surface area contributed by atoms with Crippen LogP contribution in [0.5, 0.6) is 0 Å². The second-order valence-corrected chi connectivity index (χ2v) is 5.21. The summed E-state index contributed by atoms with van der Waals surface area (Å²) < 4.78 is 30.7. The van der Waals surface area contributed by atoms with Crippen molar-refractivity contribution in [2.45, 2.75) is 11.4 Å². The highest BCUT2D eigenvalue weighted by Crippen LogP contribution is 2.10. The third kappa shape index (κ3) is 2.60. The van der Waals surface area contributed by atoms with Crippen LogP contribution in [-0.2, 0) is 16.6 Å². The maximum absolute atomic E-state index is 11.7. The van der Waals surface area contributed by atoms with Crippen molar-refractivity contribution in [2.75, 3.05) is 0 Å². The van der Waals surface area contributed by atoms with Crippen molar-refractivity contribution in [3.63, 3.8) is 0 Å². The number of aromatic amines is 1. The summed E-state index contributed by atoms with van der Waals surface area (Å²) in [6.45, 7) is -0.110. The number of rotatable bonds is 5. The van der Waals surface area contributed by atoms with Crippen LogP contribution in [0.3, 0.4) is 0 Å². The van der Waals surface area contributed by atoms with Gasteiger partial charge in [-0.2, -0.15) is 0 Å². The molecule has 0 unspecified atom stereocenters. The molecule has 2 rings (SSSR count). The minimum atomic E-state index is -3.61. The molecule has 8 heteroatoms. The molecule has 2 aromatic rings. The van der Waals surface area contributed by atoms with Crippen molar-refractivity contribution >= 4 is 16.0 Å². The van der Waals surface area contributed by atoms with Gasteiger partial charge in [0.2, 0.25) is 15.8 Å². The molecule has 0 spiro atoms. The molecule has 0 saturated heterocycles. The van der Waals surface area contributed by atoms with Gasteiger partial charge in [0.25, 0.3) is 0 Å². The lowest BCUT2D eigenvalue weighted by Gasteiger charge is -2.02. The van der Waals surface area contributed by atoms with Crippen LogP contribution < -0.4 is 4.72 Å². The van der Waals surface area contributed by atoms with Gasteiger partial charge < -0.3 is 14.5 Å². The molecule has 96 valence electrons.